The molecule has 0 saturated heterocycles. The van der Waals surface area contributed by atoms with Crippen LogP contribution >= 0.6 is 27.3 Å². The van der Waals surface area contributed by atoms with Crippen molar-refractivity contribution in [3.05, 3.63) is 38.4 Å². The van der Waals surface area contributed by atoms with Crippen LogP contribution in [0.1, 0.15) is 0 Å². The van der Waals surface area contributed by atoms with Crippen molar-refractivity contribution >= 4 is 27.3 Å². The average Bonchev–Trinajstić information content (AvgIpc) is 3.01. The predicted molar refractivity (Wildman–Crippen MR) is 73.8 cm³/mol. The molecule has 0 N–H and O–H groups in total. The lowest BCUT2D eigenvalue weighted by Gasteiger charge is -1.96. The monoisotopic (exact) mass is 338 g/mol. The zero-order valence-corrected chi connectivity index (χ0v) is 12.1. The lowest BCUT2D eigenvalue weighted by atomic mass is 10.4. The molecule has 3 aromatic heterocycles. The molecule has 3 rings (SSSR count). The Hall–Kier alpha value is -1.80. The fraction of sp³-hybridized carbons (Fsp3) is 0.0909. The van der Waals surface area contributed by atoms with Crippen molar-refractivity contribution in [2.45, 2.75) is 0 Å². The van der Waals surface area contributed by atoms with Crippen molar-refractivity contribution < 1.29 is 4.52 Å². The summed E-state index contributed by atoms with van der Waals surface area (Å²) in [6.07, 6.45) is 0. The molecule has 0 aliphatic carbocycles. The van der Waals surface area contributed by atoms with E-state index in [1.807, 2.05) is 11.4 Å². The largest absolute Gasteiger partial charge is 0.332 e. The third-order valence-corrected chi connectivity index (χ3v) is 4.08. The second-order valence-corrected chi connectivity index (χ2v) is 5.56. The van der Waals surface area contributed by atoms with E-state index in [4.69, 9.17) is 4.52 Å². The summed E-state index contributed by atoms with van der Waals surface area (Å²) in [5, 5.41) is 9.90. The zero-order valence-electron chi connectivity index (χ0n) is 9.70. The van der Waals surface area contributed by atoms with Gasteiger partial charge in [0, 0.05) is 23.0 Å². The molecule has 0 spiro atoms. The average molecular weight is 339 g/mol. The van der Waals surface area contributed by atoms with Gasteiger partial charge in [-0.1, -0.05) is 5.16 Å². The summed E-state index contributed by atoms with van der Waals surface area (Å²) in [6.45, 7) is 0. The molecular formula is C11H7BrN4O2S. The van der Waals surface area contributed by atoms with Crippen molar-refractivity contribution in [2.24, 2.45) is 7.05 Å². The fourth-order valence-corrected chi connectivity index (χ4v) is 2.83. The summed E-state index contributed by atoms with van der Waals surface area (Å²) in [4.78, 5) is 16.4. The molecule has 0 fully saturated rings. The van der Waals surface area contributed by atoms with E-state index in [-0.39, 0.29) is 11.4 Å². The van der Waals surface area contributed by atoms with E-state index in [9.17, 15) is 4.79 Å². The molecule has 0 amide bonds. The van der Waals surface area contributed by atoms with Gasteiger partial charge in [-0.3, -0.25) is 4.79 Å². The first kappa shape index (κ1) is 12.2. The van der Waals surface area contributed by atoms with Crippen LogP contribution < -0.4 is 5.56 Å². The number of hydrogen-bond acceptors (Lipinski definition) is 6. The second kappa shape index (κ2) is 4.71. The minimum absolute atomic E-state index is 0.189. The summed E-state index contributed by atoms with van der Waals surface area (Å²) < 4.78 is 7.36. The quantitative estimate of drug-likeness (QED) is 0.716. The molecule has 0 aliphatic heterocycles. The van der Waals surface area contributed by atoms with Crippen LogP contribution in [0.25, 0.3) is 22.3 Å². The van der Waals surface area contributed by atoms with Gasteiger partial charge < -0.3 is 4.52 Å². The number of aryl methyl sites for hydroxylation is 1. The summed E-state index contributed by atoms with van der Waals surface area (Å²) >= 11 is 4.88. The molecule has 0 aliphatic rings. The van der Waals surface area contributed by atoms with E-state index in [1.54, 1.807) is 13.1 Å². The lowest BCUT2D eigenvalue weighted by molar-refractivity contribution is 0.429. The first-order valence-electron chi connectivity index (χ1n) is 5.26. The Labute approximate surface area is 119 Å². The summed E-state index contributed by atoms with van der Waals surface area (Å²) in [5.74, 6) is 0.788. The van der Waals surface area contributed by atoms with Crippen LogP contribution in [0.3, 0.4) is 0 Å². The topological polar surface area (TPSA) is 73.8 Å². The van der Waals surface area contributed by atoms with Gasteiger partial charge in [0.15, 0.2) is 0 Å². The smallest absolute Gasteiger partial charge is 0.278 e. The molecule has 6 nitrogen and oxygen atoms in total. The van der Waals surface area contributed by atoms with Gasteiger partial charge in [0.25, 0.3) is 11.4 Å². The van der Waals surface area contributed by atoms with Crippen molar-refractivity contribution in [1.82, 2.24) is 19.9 Å². The van der Waals surface area contributed by atoms with Gasteiger partial charge in [-0.15, -0.1) is 11.3 Å². The van der Waals surface area contributed by atoms with Crippen LogP contribution in [0, 0.1) is 0 Å². The van der Waals surface area contributed by atoms with Crippen LogP contribution in [0.2, 0.25) is 0 Å². The number of rotatable bonds is 2. The Bertz CT molecular complexity index is 792. The van der Waals surface area contributed by atoms with Gasteiger partial charge in [-0.05, 0) is 28.1 Å². The third-order valence-electron chi connectivity index (χ3n) is 2.39. The molecular weight excluding hydrogens is 332 g/mol. The SMILES string of the molecule is Cn1nc(-c2nc(-c3cc(Br)cs3)no2)ccc1=O. The van der Waals surface area contributed by atoms with Gasteiger partial charge in [0.1, 0.15) is 5.69 Å². The molecule has 8 heteroatoms. The predicted octanol–water partition coefficient (Wildman–Crippen LogP) is 2.32. The maximum Gasteiger partial charge on any atom is 0.278 e. The van der Waals surface area contributed by atoms with Crippen molar-refractivity contribution in [1.29, 1.82) is 0 Å². The molecule has 96 valence electrons. The molecule has 0 unspecified atom stereocenters. The van der Waals surface area contributed by atoms with Crippen molar-refractivity contribution in [2.75, 3.05) is 0 Å². The maximum atomic E-state index is 11.3. The first-order valence-corrected chi connectivity index (χ1v) is 6.93. The normalized spacial score (nSPS) is 10.8. The van der Waals surface area contributed by atoms with E-state index in [2.05, 4.69) is 31.2 Å². The summed E-state index contributed by atoms with van der Waals surface area (Å²) in [5.41, 5.74) is 0.280. The van der Waals surface area contributed by atoms with E-state index in [1.165, 1.54) is 22.1 Å². The number of aromatic nitrogens is 4. The molecule has 0 radical (unpaired) electrons. The van der Waals surface area contributed by atoms with Crippen molar-refractivity contribution in [3.63, 3.8) is 0 Å². The standard InChI is InChI=1S/C11H7BrN4O2S/c1-16-9(17)3-2-7(14-16)11-13-10(15-18-11)8-4-6(12)5-19-8/h2-5H,1H3. The van der Waals surface area contributed by atoms with E-state index in [0.717, 1.165) is 9.35 Å². The third kappa shape index (κ3) is 2.36. The molecule has 0 bridgehead atoms. The van der Waals surface area contributed by atoms with Gasteiger partial charge in [-0.2, -0.15) is 10.1 Å². The van der Waals surface area contributed by atoms with Gasteiger partial charge >= 0.3 is 0 Å². The molecule has 3 aromatic rings. The van der Waals surface area contributed by atoms with Crippen molar-refractivity contribution in [3.8, 4) is 22.3 Å². The summed E-state index contributed by atoms with van der Waals surface area (Å²) in [6, 6.07) is 4.88. The molecule has 0 aromatic carbocycles. The Balaban J connectivity index is 2.01. The molecule has 19 heavy (non-hydrogen) atoms. The van der Waals surface area contributed by atoms with E-state index >= 15 is 0 Å². The highest BCUT2D eigenvalue weighted by atomic mass is 79.9. The highest BCUT2D eigenvalue weighted by molar-refractivity contribution is 9.10. The minimum atomic E-state index is -0.189. The zero-order chi connectivity index (χ0) is 13.4. The van der Waals surface area contributed by atoms with Gasteiger partial charge in [0.05, 0.1) is 4.88 Å². The number of halogens is 1. The Morgan fingerprint density at radius 3 is 2.95 bits per heavy atom. The second-order valence-electron chi connectivity index (χ2n) is 3.73. The van der Waals surface area contributed by atoms with Crippen LogP contribution in [-0.2, 0) is 7.05 Å². The highest BCUT2D eigenvalue weighted by Gasteiger charge is 2.13. The van der Waals surface area contributed by atoms with Gasteiger partial charge in [-0.25, -0.2) is 4.68 Å². The molecule has 0 saturated carbocycles. The Morgan fingerprint density at radius 1 is 1.42 bits per heavy atom. The van der Waals surface area contributed by atoms with Crippen LogP contribution in [0.4, 0.5) is 0 Å². The van der Waals surface area contributed by atoms with Crippen LogP contribution in [0.15, 0.2) is 37.4 Å². The summed E-state index contributed by atoms with van der Waals surface area (Å²) in [7, 11) is 1.57. The van der Waals surface area contributed by atoms with E-state index < -0.39 is 0 Å². The lowest BCUT2D eigenvalue weighted by Crippen LogP contribution is -2.18. The Morgan fingerprint density at radius 2 is 2.26 bits per heavy atom. The molecule has 3 heterocycles. The molecule has 0 atom stereocenters. The van der Waals surface area contributed by atoms with Crippen LogP contribution in [-0.4, -0.2) is 19.9 Å². The number of hydrogen-bond donors (Lipinski definition) is 0. The van der Waals surface area contributed by atoms with Gasteiger partial charge in [0.2, 0.25) is 5.82 Å². The number of thiophene rings is 1. The van der Waals surface area contributed by atoms with E-state index in [0.29, 0.717) is 11.5 Å². The fourth-order valence-electron chi connectivity index (χ4n) is 1.47. The number of nitrogens with zero attached hydrogens (tertiary/aromatic N) is 4. The first-order chi connectivity index (χ1) is 9.13. The maximum absolute atomic E-state index is 11.3. The van der Waals surface area contributed by atoms with Crippen LogP contribution in [0.5, 0.6) is 0 Å². The Kier molecular flexibility index (Phi) is 3.03. The minimum Gasteiger partial charge on any atom is -0.332 e. The highest BCUT2D eigenvalue weighted by Crippen LogP contribution is 2.28.